The van der Waals surface area contributed by atoms with Crippen molar-refractivity contribution in [1.82, 2.24) is 4.98 Å². The molecule has 0 unspecified atom stereocenters. The number of pyridine rings is 1. The molecule has 10 heteroatoms. The summed E-state index contributed by atoms with van der Waals surface area (Å²) in [6.45, 7) is 4.29. The summed E-state index contributed by atoms with van der Waals surface area (Å²) in [5, 5.41) is 1.90. The molecular formula is C16H18F2N2O5S. The van der Waals surface area contributed by atoms with Crippen LogP contribution in [0.5, 0.6) is 0 Å². The summed E-state index contributed by atoms with van der Waals surface area (Å²) in [5.74, 6) is -2.13. The zero-order valence-corrected chi connectivity index (χ0v) is 14.9. The van der Waals surface area contributed by atoms with Crippen LogP contribution in [0.4, 0.5) is 14.6 Å². The van der Waals surface area contributed by atoms with Gasteiger partial charge in [-0.1, -0.05) is 30.9 Å². The molecule has 0 aliphatic rings. The lowest BCUT2D eigenvalue weighted by molar-refractivity contribution is -0.208. The molecule has 1 N–H and O–H groups in total. The Kier molecular flexibility index (Phi) is 7.59. The van der Waals surface area contributed by atoms with Crippen molar-refractivity contribution in [2.24, 2.45) is 0 Å². The Balaban J connectivity index is 2.78. The molecule has 0 saturated carbocycles. The molecular weight excluding hydrogens is 370 g/mol. The second-order valence-corrected chi connectivity index (χ2v) is 6.60. The smallest absolute Gasteiger partial charge is 0.430 e. The number of anilines is 1. The molecule has 26 heavy (non-hydrogen) atoms. The molecule has 1 aromatic heterocycles. The molecule has 0 atom stereocenters. The molecule has 0 aliphatic heterocycles. The van der Waals surface area contributed by atoms with E-state index in [1.807, 2.05) is 5.32 Å². The van der Waals surface area contributed by atoms with Crippen molar-refractivity contribution < 1.29 is 30.9 Å². The standard InChI is InChI=1S/C16H18F2N2O5S/c1-4-5-6-8-12(2)25-16(17,18)15(21)20-14-10-7-9-13(19-14)11-24-26(3,22)23/h4-10H,1,11H2,2-3H3,(H,19,20,21)/b6-5-,12-8+. The molecule has 0 fully saturated rings. The highest BCUT2D eigenvalue weighted by Crippen LogP contribution is 2.22. The third kappa shape index (κ3) is 7.99. The minimum absolute atomic E-state index is 0.128. The number of aromatic nitrogens is 1. The van der Waals surface area contributed by atoms with Gasteiger partial charge in [0.1, 0.15) is 18.2 Å². The molecule has 1 heterocycles. The fourth-order valence-corrected chi connectivity index (χ4v) is 1.87. The number of carbonyl (C=O) groups excluding carboxylic acids is 1. The van der Waals surface area contributed by atoms with E-state index in [0.29, 0.717) is 0 Å². The first-order valence-electron chi connectivity index (χ1n) is 7.18. The van der Waals surface area contributed by atoms with E-state index in [9.17, 15) is 22.0 Å². The Bertz CT molecular complexity index is 820. The van der Waals surface area contributed by atoms with Crippen molar-refractivity contribution in [1.29, 1.82) is 0 Å². The van der Waals surface area contributed by atoms with Gasteiger partial charge in [-0.05, 0) is 25.1 Å². The molecule has 0 spiro atoms. The van der Waals surface area contributed by atoms with Crippen LogP contribution in [0.2, 0.25) is 0 Å². The number of nitrogens with zero attached hydrogens (tertiary/aromatic N) is 1. The van der Waals surface area contributed by atoms with Crippen molar-refractivity contribution in [2.45, 2.75) is 19.6 Å². The molecule has 0 bridgehead atoms. The number of hydrogen-bond acceptors (Lipinski definition) is 6. The van der Waals surface area contributed by atoms with Crippen LogP contribution in [-0.2, 0) is 30.4 Å². The Morgan fingerprint density at radius 3 is 2.69 bits per heavy atom. The third-order valence-corrected chi connectivity index (χ3v) is 3.15. The fraction of sp³-hybridized carbons (Fsp3) is 0.250. The number of hydrogen-bond donors (Lipinski definition) is 1. The Morgan fingerprint density at radius 1 is 1.38 bits per heavy atom. The van der Waals surface area contributed by atoms with Crippen LogP contribution in [0.25, 0.3) is 0 Å². The highest BCUT2D eigenvalue weighted by atomic mass is 32.2. The summed E-state index contributed by atoms with van der Waals surface area (Å²) >= 11 is 0. The summed E-state index contributed by atoms with van der Waals surface area (Å²) in [7, 11) is -3.69. The maximum absolute atomic E-state index is 13.8. The predicted molar refractivity (Wildman–Crippen MR) is 91.6 cm³/mol. The Hall–Kier alpha value is -2.59. The monoisotopic (exact) mass is 388 g/mol. The maximum Gasteiger partial charge on any atom is 0.482 e. The minimum atomic E-state index is -4.14. The van der Waals surface area contributed by atoms with Gasteiger partial charge in [-0.25, -0.2) is 4.98 Å². The van der Waals surface area contributed by atoms with Gasteiger partial charge in [0.25, 0.3) is 10.1 Å². The van der Waals surface area contributed by atoms with Gasteiger partial charge in [0.15, 0.2) is 0 Å². The molecule has 0 radical (unpaired) electrons. The van der Waals surface area contributed by atoms with Crippen molar-refractivity contribution in [2.75, 3.05) is 11.6 Å². The van der Waals surface area contributed by atoms with Gasteiger partial charge in [-0.2, -0.15) is 17.2 Å². The van der Waals surface area contributed by atoms with Crippen molar-refractivity contribution in [3.63, 3.8) is 0 Å². The number of carbonyl (C=O) groups is 1. The highest BCUT2D eigenvalue weighted by Gasteiger charge is 2.42. The summed E-state index contributed by atoms with van der Waals surface area (Å²) in [4.78, 5) is 15.5. The van der Waals surface area contributed by atoms with Crippen LogP contribution in [0.1, 0.15) is 12.6 Å². The number of allylic oxidation sites excluding steroid dienone is 5. The van der Waals surface area contributed by atoms with E-state index < -0.39 is 28.7 Å². The minimum Gasteiger partial charge on any atom is -0.430 e. The molecule has 7 nitrogen and oxygen atoms in total. The van der Waals surface area contributed by atoms with Crippen LogP contribution in [0, 0.1) is 0 Å². The molecule has 1 aromatic rings. The number of nitrogens with one attached hydrogen (secondary N) is 1. The maximum atomic E-state index is 13.8. The van der Waals surface area contributed by atoms with E-state index in [4.69, 9.17) is 0 Å². The zero-order chi connectivity index (χ0) is 19.8. The lowest BCUT2D eigenvalue weighted by atomic mass is 10.3. The first kappa shape index (κ1) is 21.5. The lowest BCUT2D eigenvalue weighted by Crippen LogP contribution is -2.37. The van der Waals surface area contributed by atoms with Gasteiger partial charge in [0.2, 0.25) is 0 Å². The molecule has 0 aromatic carbocycles. The number of alkyl halides is 2. The normalized spacial score (nSPS) is 12.8. The molecule has 1 amide bonds. The van der Waals surface area contributed by atoms with Crippen molar-refractivity contribution in [3.05, 3.63) is 60.5 Å². The fourth-order valence-electron chi connectivity index (χ4n) is 1.54. The number of ether oxygens (including phenoxy) is 1. The van der Waals surface area contributed by atoms with Crippen molar-refractivity contribution in [3.8, 4) is 0 Å². The predicted octanol–water partition coefficient (Wildman–Crippen LogP) is 2.75. The van der Waals surface area contributed by atoms with E-state index in [0.717, 1.165) is 6.26 Å². The SMILES string of the molecule is C=C/C=C\C=C(/C)OC(F)(F)C(=O)Nc1cccc(COS(C)(=O)=O)n1. The quantitative estimate of drug-likeness (QED) is 0.397. The third-order valence-electron chi connectivity index (χ3n) is 2.60. The van der Waals surface area contributed by atoms with Crippen molar-refractivity contribution >= 4 is 21.8 Å². The topological polar surface area (TPSA) is 94.6 Å². The lowest BCUT2D eigenvalue weighted by Gasteiger charge is -2.17. The summed E-state index contributed by atoms with van der Waals surface area (Å²) < 4.78 is 58.4. The van der Waals surface area contributed by atoms with Gasteiger partial charge in [0.05, 0.1) is 11.9 Å². The molecule has 142 valence electrons. The Labute approximate surface area is 150 Å². The van der Waals surface area contributed by atoms with Gasteiger partial charge in [0, 0.05) is 0 Å². The number of halogens is 2. The van der Waals surface area contributed by atoms with Gasteiger partial charge < -0.3 is 10.1 Å². The van der Waals surface area contributed by atoms with Crippen LogP contribution < -0.4 is 5.32 Å². The summed E-state index contributed by atoms with van der Waals surface area (Å²) in [5.41, 5.74) is 0.128. The van der Waals surface area contributed by atoms with Gasteiger partial charge in [-0.15, -0.1) is 0 Å². The van der Waals surface area contributed by atoms with Crippen LogP contribution >= 0.6 is 0 Å². The highest BCUT2D eigenvalue weighted by molar-refractivity contribution is 7.85. The summed E-state index contributed by atoms with van der Waals surface area (Å²) in [6.07, 6.45) is 2.33. The van der Waals surface area contributed by atoms with Gasteiger partial charge >= 0.3 is 12.0 Å². The van der Waals surface area contributed by atoms with Crippen LogP contribution in [-0.4, -0.2) is 31.7 Å². The number of amides is 1. The molecule has 0 saturated heterocycles. The second kappa shape index (κ2) is 9.20. The second-order valence-electron chi connectivity index (χ2n) is 4.95. The average molecular weight is 388 g/mol. The van der Waals surface area contributed by atoms with E-state index in [1.165, 1.54) is 49.4 Å². The molecule has 0 aliphatic carbocycles. The van der Waals surface area contributed by atoms with Crippen LogP contribution in [0.3, 0.4) is 0 Å². The zero-order valence-electron chi connectivity index (χ0n) is 14.1. The summed E-state index contributed by atoms with van der Waals surface area (Å²) in [6, 6.07) is 4.07. The number of rotatable bonds is 9. The van der Waals surface area contributed by atoms with E-state index >= 15 is 0 Å². The first-order valence-corrected chi connectivity index (χ1v) is 9.00. The van der Waals surface area contributed by atoms with Crippen LogP contribution in [0.15, 0.2) is 54.8 Å². The Morgan fingerprint density at radius 2 is 2.08 bits per heavy atom. The molecule has 1 rings (SSSR count). The first-order chi connectivity index (χ1) is 12.0. The van der Waals surface area contributed by atoms with E-state index in [-0.39, 0.29) is 17.3 Å². The van der Waals surface area contributed by atoms with Gasteiger partial charge in [-0.3, -0.25) is 8.98 Å². The average Bonchev–Trinajstić information content (AvgIpc) is 2.52. The van der Waals surface area contributed by atoms with E-state index in [1.54, 1.807) is 0 Å². The van der Waals surface area contributed by atoms with E-state index in [2.05, 4.69) is 20.5 Å². The largest absolute Gasteiger partial charge is 0.482 e.